The first-order chi connectivity index (χ1) is 9.31. The van der Waals surface area contributed by atoms with Gasteiger partial charge in [-0.25, -0.2) is 4.98 Å². The highest BCUT2D eigenvalue weighted by molar-refractivity contribution is 7.13. The van der Waals surface area contributed by atoms with Gasteiger partial charge in [0, 0.05) is 38.2 Å². The van der Waals surface area contributed by atoms with Crippen molar-refractivity contribution in [3.05, 3.63) is 11.1 Å². The highest BCUT2D eigenvalue weighted by Gasteiger charge is 2.21. The van der Waals surface area contributed by atoms with Gasteiger partial charge in [-0.1, -0.05) is 0 Å². The molecular weight excluding hydrogens is 258 g/mol. The molecule has 1 saturated heterocycles. The Labute approximate surface area is 119 Å². The van der Waals surface area contributed by atoms with Crippen molar-refractivity contribution in [2.75, 3.05) is 25.1 Å². The number of hydrogen-bond acceptors (Lipinski definition) is 5. The van der Waals surface area contributed by atoms with Gasteiger partial charge in [0.1, 0.15) is 0 Å². The summed E-state index contributed by atoms with van der Waals surface area (Å²) in [5.41, 5.74) is 1.17. The molecule has 2 heterocycles. The highest BCUT2D eigenvalue weighted by Crippen LogP contribution is 2.23. The normalized spacial score (nSPS) is 23.5. The van der Waals surface area contributed by atoms with E-state index in [1.807, 2.05) is 0 Å². The summed E-state index contributed by atoms with van der Waals surface area (Å²) in [6.45, 7) is 2.80. The SMILES string of the molecule is CN(CC1CCCCO1)c1nc(CNC2CC2)cs1. The van der Waals surface area contributed by atoms with Crippen molar-refractivity contribution in [1.82, 2.24) is 10.3 Å². The third-order valence-corrected chi connectivity index (χ3v) is 4.77. The van der Waals surface area contributed by atoms with Crippen LogP contribution in [0.1, 0.15) is 37.8 Å². The molecule has 1 aliphatic carbocycles. The van der Waals surface area contributed by atoms with E-state index < -0.39 is 0 Å². The lowest BCUT2D eigenvalue weighted by atomic mass is 10.1. The van der Waals surface area contributed by atoms with Gasteiger partial charge < -0.3 is 15.0 Å². The number of anilines is 1. The van der Waals surface area contributed by atoms with E-state index in [1.54, 1.807) is 11.3 Å². The summed E-state index contributed by atoms with van der Waals surface area (Å²) in [4.78, 5) is 6.94. The number of nitrogens with zero attached hydrogens (tertiary/aromatic N) is 2. The van der Waals surface area contributed by atoms with Crippen molar-refractivity contribution in [3.8, 4) is 0 Å². The van der Waals surface area contributed by atoms with Gasteiger partial charge in [-0.05, 0) is 32.1 Å². The van der Waals surface area contributed by atoms with E-state index >= 15 is 0 Å². The smallest absolute Gasteiger partial charge is 0.185 e. The maximum absolute atomic E-state index is 5.79. The Hall–Kier alpha value is -0.650. The van der Waals surface area contributed by atoms with Crippen LogP contribution in [-0.2, 0) is 11.3 Å². The predicted octanol–water partition coefficient (Wildman–Crippen LogP) is 2.40. The van der Waals surface area contributed by atoms with Crippen molar-refractivity contribution in [3.63, 3.8) is 0 Å². The van der Waals surface area contributed by atoms with Crippen molar-refractivity contribution < 1.29 is 4.74 Å². The summed E-state index contributed by atoms with van der Waals surface area (Å²) in [5.74, 6) is 0. The van der Waals surface area contributed by atoms with Crippen molar-refractivity contribution in [2.24, 2.45) is 0 Å². The van der Waals surface area contributed by atoms with Gasteiger partial charge in [0.2, 0.25) is 0 Å². The van der Waals surface area contributed by atoms with Crippen LogP contribution in [0.5, 0.6) is 0 Å². The average Bonchev–Trinajstić information content (AvgIpc) is 3.14. The molecule has 1 N–H and O–H groups in total. The maximum Gasteiger partial charge on any atom is 0.185 e. The van der Waals surface area contributed by atoms with Crippen LogP contribution >= 0.6 is 11.3 Å². The number of nitrogens with one attached hydrogen (secondary N) is 1. The third-order valence-electron chi connectivity index (χ3n) is 3.77. The minimum Gasteiger partial charge on any atom is -0.376 e. The minimum absolute atomic E-state index is 0.385. The predicted molar refractivity (Wildman–Crippen MR) is 78.8 cm³/mol. The standard InChI is InChI=1S/C14H23N3OS/c1-17(9-13-4-2-3-7-18-13)14-16-12(10-19-14)8-15-11-5-6-11/h10-11,13,15H,2-9H2,1H3. The fraction of sp³-hybridized carbons (Fsp3) is 0.786. The summed E-state index contributed by atoms with van der Waals surface area (Å²) >= 11 is 1.74. The van der Waals surface area contributed by atoms with E-state index in [0.29, 0.717) is 6.10 Å². The van der Waals surface area contributed by atoms with Crippen LogP contribution in [0.4, 0.5) is 5.13 Å². The molecule has 2 fully saturated rings. The summed E-state index contributed by atoms with van der Waals surface area (Å²) < 4.78 is 5.79. The summed E-state index contributed by atoms with van der Waals surface area (Å²) in [6, 6.07) is 0.749. The molecule has 0 amide bonds. The Morgan fingerprint density at radius 2 is 2.32 bits per heavy atom. The van der Waals surface area contributed by atoms with Crippen molar-refractivity contribution in [2.45, 2.75) is 50.8 Å². The molecule has 1 atom stereocenters. The lowest BCUT2D eigenvalue weighted by Gasteiger charge is -2.27. The van der Waals surface area contributed by atoms with Crippen LogP contribution in [0.2, 0.25) is 0 Å². The number of rotatable bonds is 6. The van der Waals surface area contributed by atoms with Crippen LogP contribution in [0, 0.1) is 0 Å². The van der Waals surface area contributed by atoms with E-state index in [1.165, 1.54) is 37.8 Å². The van der Waals surface area contributed by atoms with E-state index in [0.717, 1.165) is 30.9 Å². The molecule has 1 saturated carbocycles. The maximum atomic E-state index is 5.79. The number of ether oxygens (including phenoxy) is 1. The quantitative estimate of drug-likeness (QED) is 0.869. The van der Waals surface area contributed by atoms with Crippen LogP contribution in [0.3, 0.4) is 0 Å². The lowest BCUT2D eigenvalue weighted by molar-refractivity contribution is 0.0216. The molecule has 5 heteroatoms. The second-order valence-corrected chi connectivity index (χ2v) is 6.48. The Morgan fingerprint density at radius 1 is 1.42 bits per heavy atom. The monoisotopic (exact) mass is 281 g/mol. The van der Waals surface area contributed by atoms with Crippen LogP contribution in [0.15, 0.2) is 5.38 Å². The van der Waals surface area contributed by atoms with E-state index in [4.69, 9.17) is 9.72 Å². The first-order valence-corrected chi connectivity index (χ1v) is 8.20. The van der Waals surface area contributed by atoms with Crippen LogP contribution < -0.4 is 10.2 Å². The molecule has 19 heavy (non-hydrogen) atoms. The summed E-state index contributed by atoms with van der Waals surface area (Å²) in [6.07, 6.45) is 6.75. The van der Waals surface area contributed by atoms with Gasteiger partial charge in [-0.2, -0.15) is 0 Å². The van der Waals surface area contributed by atoms with Crippen molar-refractivity contribution in [1.29, 1.82) is 0 Å². The molecule has 1 aliphatic heterocycles. The largest absolute Gasteiger partial charge is 0.376 e. The van der Waals surface area contributed by atoms with Gasteiger partial charge in [-0.15, -0.1) is 11.3 Å². The van der Waals surface area contributed by atoms with E-state index in [-0.39, 0.29) is 0 Å². The van der Waals surface area contributed by atoms with Gasteiger partial charge >= 0.3 is 0 Å². The van der Waals surface area contributed by atoms with Gasteiger partial charge in [0.25, 0.3) is 0 Å². The third kappa shape index (κ3) is 3.91. The first kappa shape index (κ1) is 13.3. The Morgan fingerprint density at radius 3 is 3.05 bits per heavy atom. The molecule has 1 aromatic heterocycles. The zero-order chi connectivity index (χ0) is 13.1. The van der Waals surface area contributed by atoms with Crippen LogP contribution in [0.25, 0.3) is 0 Å². The molecule has 0 bridgehead atoms. The highest BCUT2D eigenvalue weighted by atomic mass is 32.1. The minimum atomic E-state index is 0.385. The van der Waals surface area contributed by atoms with E-state index in [9.17, 15) is 0 Å². The van der Waals surface area contributed by atoms with E-state index in [2.05, 4.69) is 22.6 Å². The summed E-state index contributed by atoms with van der Waals surface area (Å²) in [7, 11) is 2.12. The Kier molecular flexibility index (Phi) is 4.35. The topological polar surface area (TPSA) is 37.4 Å². The van der Waals surface area contributed by atoms with Gasteiger partial charge in [0.15, 0.2) is 5.13 Å². The number of aromatic nitrogens is 1. The molecule has 0 spiro atoms. The molecule has 0 aromatic carbocycles. The van der Waals surface area contributed by atoms with Crippen molar-refractivity contribution >= 4 is 16.5 Å². The zero-order valence-corrected chi connectivity index (χ0v) is 12.4. The Bertz CT molecular complexity index is 399. The second-order valence-electron chi connectivity index (χ2n) is 5.65. The molecular formula is C14H23N3OS. The Balaban J connectivity index is 1.48. The lowest BCUT2D eigenvalue weighted by Crippen LogP contribution is -2.33. The molecule has 2 aliphatic rings. The molecule has 0 radical (unpaired) electrons. The number of hydrogen-bond donors (Lipinski definition) is 1. The number of thiazole rings is 1. The zero-order valence-electron chi connectivity index (χ0n) is 11.6. The second kappa shape index (κ2) is 6.20. The fourth-order valence-electron chi connectivity index (χ4n) is 2.42. The molecule has 3 rings (SSSR count). The first-order valence-electron chi connectivity index (χ1n) is 7.32. The molecule has 1 unspecified atom stereocenters. The number of likely N-dealkylation sites (N-methyl/N-ethyl adjacent to an activating group) is 1. The fourth-order valence-corrected chi connectivity index (χ4v) is 3.23. The average molecular weight is 281 g/mol. The van der Waals surface area contributed by atoms with Gasteiger partial charge in [-0.3, -0.25) is 0 Å². The summed E-state index contributed by atoms with van der Waals surface area (Å²) in [5, 5.41) is 6.79. The molecule has 4 nitrogen and oxygen atoms in total. The van der Waals surface area contributed by atoms with Crippen LogP contribution in [-0.4, -0.2) is 37.3 Å². The molecule has 106 valence electrons. The molecule has 1 aromatic rings. The van der Waals surface area contributed by atoms with Gasteiger partial charge in [0.05, 0.1) is 11.8 Å².